The fraction of sp³-hybridized carbons (Fsp3) is 0.364. The zero-order valence-corrected chi connectivity index (χ0v) is 8.25. The fourth-order valence-electron chi connectivity index (χ4n) is 1.35. The first-order valence-corrected chi connectivity index (χ1v) is 4.50. The van der Waals surface area contributed by atoms with Gasteiger partial charge in [0.25, 0.3) is 0 Å². The third kappa shape index (κ3) is 1.82. The quantitative estimate of drug-likeness (QED) is 0.802. The van der Waals surface area contributed by atoms with E-state index < -0.39 is 11.4 Å². The predicted octanol–water partition coefficient (Wildman–Crippen LogP) is 2.01. The maximum Gasteiger partial charge on any atom is 0.168 e. The number of Topliss-reactive ketones (excluding diaryl/α,β-unsaturated/α-hetero) is 1. The lowest BCUT2D eigenvalue weighted by molar-refractivity contribution is -0.136. The molecule has 0 bridgehead atoms. The second-order valence-corrected chi connectivity index (χ2v) is 3.33. The first-order chi connectivity index (χ1) is 6.50. The third-order valence-corrected chi connectivity index (χ3v) is 2.26. The number of halogens is 1. The van der Waals surface area contributed by atoms with Crippen LogP contribution in [0.2, 0.25) is 0 Å². The second-order valence-electron chi connectivity index (χ2n) is 3.33. The highest BCUT2D eigenvalue weighted by atomic mass is 19.1. The summed E-state index contributed by atoms with van der Waals surface area (Å²) in [4.78, 5) is 11.4. The van der Waals surface area contributed by atoms with Crippen molar-refractivity contribution in [2.75, 3.05) is 0 Å². The molecule has 0 saturated heterocycles. The SMILES string of the molecule is CCC(=O)C(C)(O)c1ccccc1F. The predicted molar refractivity (Wildman–Crippen MR) is 51.3 cm³/mol. The van der Waals surface area contributed by atoms with E-state index in [2.05, 4.69) is 0 Å². The maximum atomic E-state index is 13.3. The second kappa shape index (κ2) is 3.88. The van der Waals surface area contributed by atoms with Crippen LogP contribution in [0.3, 0.4) is 0 Å². The topological polar surface area (TPSA) is 37.3 Å². The van der Waals surface area contributed by atoms with E-state index in [0.29, 0.717) is 0 Å². The van der Waals surface area contributed by atoms with Gasteiger partial charge in [-0.25, -0.2) is 4.39 Å². The number of benzene rings is 1. The molecular formula is C11H13FO2. The minimum absolute atomic E-state index is 0.0341. The van der Waals surface area contributed by atoms with Gasteiger partial charge in [0.05, 0.1) is 0 Å². The lowest BCUT2D eigenvalue weighted by atomic mass is 9.90. The van der Waals surface area contributed by atoms with Crippen LogP contribution in [0.5, 0.6) is 0 Å². The van der Waals surface area contributed by atoms with Gasteiger partial charge in [-0.3, -0.25) is 4.79 Å². The van der Waals surface area contributed by atoms with Gasteiger partial charge in [0.2, 0.25) is 0 Å². The largest absolute Gasteiger partial charge is 0.377 e. The third-order valence-electron chi connectivity index (χ3n) is 2.26. The Balaban J connectivity index is 3.16. The highest BCUT2D eigenvalue weighted by molar-refractivity contribution is 5.87. The van der Waals surface area contributed by atoms with Crippen LogP contribution in [0.15, 0.2) is 24.3 Å². The summed E-state index contributed by atoms with van der Waals surface area (Å²) in [6.07, 6.45) is 0.182. The number of aliphatic hydroxyl groups is 1. The van der Waals surface area contributed by atoms with Crippen LogP contribution in [0, 0.1) is 5.82 Å². The first-order valence-electron chi connectivity index (χ1n) is 4.50. The van der Waals surface area contributed by atoms with E-state index in [0.717, 1.165) is 0 Å². The molecule has 1 rings (SSSR count). The number of carbonyl (C=O) groups is 1. The fourth-order valence-corrected chi connectivity index (χ4v) is 1.35. The van der Waals surface area contributed by atoms with Crippen molar-refractivity contribution in [3.63, 3.8) is 0 Å². The summed E-state index contributed by atoms with van der Waals surface area (Å²) in [5.41, 5.74) is -1.69. The Hall–Kier alpha value is -1.22. The highest BCUT2D eigenvalue weighted by Crippen LogP contribution is 2.25. The molecule has 3 heteroatoms. The molecule has 0 spiro atoms. The van der Waals surface area contributed by atoms with E-state index in [1.807, 2.05) is 0 Å². The lowest BCUT2D eigenvalue weighted by Gasteiger charge is -2.21. The summed E-state index contributed by atoms with van der Waals surface area (Å²) >= 11 is 0. The van der Waals surface area contributed by atoms with E-state index in [4.69, 9.17) is 0 Å². The van der Waals surface area contributed by atoms with E-state index >= 15 is 0 Å². The lowest BCUT2D eigenvalue weighted by Crippen LogP contribution is -2.32. The van der Waals surface area contributed by atoms with Gasteiger partial charge >= 0.3 is 0 Å². The van der Waals surface area contributed by atoms with Gasteiger partial charge in [-0.15, -0.1) is 0 Å². The van der Waals surface area contributed by atoms with Gasteiger partial charge in [-0.05, 0) is 13.0 Å². The van der Waals surface area contributed by atoms with Crippen LogP contribution in [-0.4, -0.2) is 10.9 Å². The van der Waals surface area contributed by atoms with E-state index in [1.165, 1.54) is 25.1 Å². The van der Waals surface area contributed by atoms with Crippen LogP contribution < -0.4 is 0 Å². The number of rotatable bonds is 3. The van der Waals surface area contributed by atoms with E-state index in [-0.39, 0.29) is 17.8 Å². The summed E-state index contributed by atoms with van der Waals surface area (Å²) in [5, 5.41) is 9.85. The molecule has 0 aromatic heterocycles. The molecule has 0 aliphatic heterocycles. The number of ketones is 1. The van der Waals surface area contributed by atoms with Crippen LogP contribution in [0.25, 0.3) is 0 Å². The summed E-state index contributed by atoms with van der Waals surface area (Å²) in [7, 11) is 0. The molecule has 0 saturated carbocycles. The van der Waals surface area contributed by atoms with Crippen molar-refractivity contribution >= 4 is 5.78 Å². The normalized spacial score (nSPS) is 14.9. The maximum absolute atomic E-state index is 13.3. The van der Waals surface area contributed by atoms with Crippen LogP contribution in [0.4, 0.5) is 4.39 Å². The molecule has 1 unspecified atom stereocenters. The molecule has 0 aliphatic carbocycles. The number of carbonyl (C=O) groups excluding carboxylic acids is 1. The first kappa shape index (κ1) is 10.9. The van der Waals surface area contributed by atoms with Crippen molar-refractivity contribution in [1.82, 2.24) is 0 Å². The molecule has 1 atom stereocenters. The monoisotopic (exact) mass is 196 g/mol. The Morgan fingerprint density at radius 2 is 2.07 bits per heavy atom. The zero-order valence-electron chi connectivity index (χ0n) is 8.25. The smallest absolute Gasteiger partial charge is 0.168 e. The van der Waals surface area contributed by atoms with Crippen LogP contribution in [0.1, 0.15) is 25.8 Å². The number of hydrogen-bond acceptors (Lipinski definition) is 2. The molecule has 1 N–H and O–H groups in total. The molecule has 2 nitrogen and oxygen atoms in total. The molecule has 0 radical (unpaired) electrons. The van der Waals surface area contributed by atoms with Gasteiger partial charge in [-0.2, -0.15) is 0 Å². The highest BCUT2D eigenvalue weighted by Gasteiger charge is 2.32. The van der Waals surface area contributed by atoms with Crippen LogP contribution in [-0.2, 0) is 10.4 Å². The molecule has 14 heavy (non-hydrogen) atoms. The Morgan fingerprint density at radius 1 is 1.50 bits per heavy atom. The summed E-state index contributed by atoms with van der Waals surface area (Å²) in [5.74, 6) is -0.943. The Bertz CT molecular complexity index is 345. The van der Waals surface area contributed by atoms with E-state index in [1.54, 1.807) is 13.0 Å². The molecule has 1 aromatic carbocycles. The molecular weight excluding hydrogens is 183 g/mol. The van der Waals surface area contributed by atoms with E-state index in [9.17, 15) is 14.3 Å². The molecule has 76 valence electrons. The minimum atomic E-state index is -1.72. The molecule has 0 heterocycles. The summed E-state index contributed by atoms with van der Waals surface area (Å²) in [6, 6.07) is 5.76. The molecule has 1 aromatic rings. The van der Waals surface area contributed by atoms with Crippen molar-refractivity contribution < 1.29 is 14.3 Å². The summed E-state index contributed by atoms with van der Waals surface area (Å²) in [6.45, 7) is 2.95. The molecule has 0 aliphatic rings. The van der Waals surface area contributed by atoms with Gasteiger partial charge in [0, 0.05) is 12.0 Å². The van der Waals surface area contributed by atoms with Gasteiger partial charge in [-0.1, -0.05) is 25.1 Å². The average molecular weight is 196 g/mol. The van der Waals surface area contributed by atoms with Gasteiger partial charge < -0.3 is 5.11 Å². The van der Waals surface area contributed by atoms with Crippen molar-refractivity contribution in [2.24, 2.45) is 0 Å². The molecule has 0 amide bonds. The van der Waals surface area contributed by atoms with Crippen molar-refractivity contribution in [2.45, 2.75) is 25.9 Å². The summed E-state index contributed by atoms with van der Waals surface area (Å²) < 4.78 is 13.3. The van der Waals surface area contributed by atoms with Gasteiger partial charge in [0.1, 0.15) is 11.4 Å². The van der Waals surface area contributed by atoms with Crippen molar-refractivity contribution in [1.29, 1.82) is 0 Å². The van der Waals surface area contributed by atoms with Crippen molar-refractivity contribution in [3.8, 4) is 0 Å². The Kier molecular flexibility index (Phi) is 3.01. The van der Waals surface area contributed by atoms with Crippen LogP contribution >= 0.6 is 0 Å². The Morgan fingerprint density at radius 3 is 2.57 bits per heavy atom. The van der Waals surface area contributed by atoms with Crippen molar-refractivity contribution in [3.05, 3.63) is 35.6 Å². The number of hydrogen-bond donors (Lipinski definition) is 1. The van der Waals surface area contributed by atoms with Gasteiger partial charge in [0.15, 0.2) is 5.78 Å². The molecule has 0 fully saturated rings. The Labute approximate surface area is 82.4 Å². The standard InChI is InChI=1S/C11H13FO2/c1-3-10(13)11(2,14)8-6-4-5-7-9(8)12/h4-7,14H,3H2,1-2H3. The zero-order chi connectivity index (χ0) is 10.8. The minimum Gasteiger partial charge on any atom is -0.377 e. The average Bonchev–Trinajstić information content (AvgIpc) is 2.17.